The van der Waals surface area contributed by atoms with Crippen LogP contribution >= 0.6 is 0 Å². The highest BCUT2D eigenvalue weighted by atomic mass is 16.2. The highest BCUT2D eigenvalue weighted by Crippen LogP contribution is 2.25. The van der Waals surface area contributed by atoms with Gasteiger partial charge in [0.05, 0.1) is 0 Å². The van der Waals surface area contributed by atoms with E-state index in [1.807, 2.05) is 6.07 Å². The second-order valence-electron chi connectivity index (χ2n) is 5.69. The van der Waals surface area contributed by atoms with Crippen molar-refractivity contribution < 1.29 is 4.79 Å². The van der Waals surface area contributed by atoms with E-state index >= 15 is 0 Å². The molecule has 0 radical (unpaired) electrons. The Labute approximate surface area is 122 Å². The van der Waals surface area contributed by atoms with Gasteiger partial charge >= 0.3 is 0 Å². The van der Waals surface area contributed by atoms with Crippen molar-refractivity contribution in [1.29, 1.82) is 0 Å². The summed E-state index contributed by atoms with van der Waals surface area (Å²) in [6, 6.07) is 10.9. The summed E-state index contributed by atoms with van der Waals surface area (Å²) in [6.45, 7) is 7.18. The van der Waals surface area contributed by atoms with Crippen LogP contribution in [0.4, 0.5) is 0 Å². The van der Waals surface area contributed by atoms with E-state index in [4.69, 9.17) is 0 Å². The normalized spacial score (nSPS) is 20.4. The highest BCUT2D eigenvalue weighted by molar-refractivity contribution is 5.78. The fraction of sp³-hybridized carbons (Fsp3) is 0.588. The number of nitrogens with one attached hydrogen (secondary N) is 1. The second kappa shape index (κ2) is 7.44. The summed E-state index contributed by atoms with van der Waals surface area (Å²) in [7, 11) is 0. The number of nitrogens with zero attached hydrogens (tertiary/aromatic N) is 1. The molecule has 0 aliphatic carbocycles. The average molecular weight is 274 g/mol. The number of carbonyl (C=O) groups is 1. The second-order valence-corrected chi connectivity index (χ2v) is 5.69. The minimum absolute atomic E-state index is 0.328. The van der Waals surface area contributed by atoms with Gasteiger partial charge in [0.25, 0.3) is 0 Å². The number of carbonyl (C=O) groups excluding carboxylic acids is 1. The predicted octanol–water partition coefficient (Wildman–Crippen LogP) is 2.78. The lowest BCUT2D eigenvalue weighted by molar-refractivity contribution is -0.129. The van der Waals surface area contributed by atoms with Gasteiger partial charge < -0.3 is 10.2 Å². The van der Waals surface area contributed by atoms with Crippen molar-refractivity contribution >= 4 is 5.91 Å². The molecule has 1 aromatic rings. The minimum Gasteiger partial charge on any atom is -0.339 e. The lowest BCUT2D eigenvalue weighted by Crippen LogP contribution is -2.37. The van der Waals surface area contributed by atoms with Crippen LogP contribution in [0.3, 0.4) is 0 Å². The molecule has 1 aromatic carbocycles. The van der Waals surface area contributed by atoms with Crippen molar-refractivity contribution in [2.45, 2.75) is 45.1 Å². The van der Waals surface area contributed by atoms with Gasteiger partial charge in [-0.25, -0.2) is 0 Å². The van der Waals surface area contributed by atoms with Gasteiger partial charge in [-0.05, 0) is 37.4 Å². The van der Waals surface area contributed by atoms with Crippen molar-refractivity contribution in [2.24, 2.45) is 0 Å². The molecular formula is C17H26N2O. The first-order valence-electron chi connectivity index (χ1n) is 7.77. The Morgan fingerprint density at radius 3 is 2.80 bits per heavy atom. The zero-order valence-electron chi connectivity index (χ0n) is 12.6. The van der Waals surface area contributed by atoms with Gasteiger partial charge in [-0.1, -0.05) is 44.2 Å². The summed E-state index contributed by atoms with van der Waals surface area (Å²) < 4.78 is 0. The lowest BCUT2D eigenvalue weighted by Gasteiger charge is -2.28. The Morgan fingerprint density at radius 1 is 1.35 bits per heavy atom. The van der Waals surface area contributed by atoms with Crippen LogP contribution in [0.25, 0.3) is 0 Å². The first-order valence-corrected chi connectivity index (χ1v) is 7.77. The zero-order chi connectivity index (χ0) is 14.4. The summed E-state index contributed by atoms with van der Waals surface area (Å²) in [5.41, 5.74) is 1.32. The molecule has 0 saturated carbocycles. The van der Waals surface area contributed by atoms with Crippen LogP contribution in [0.15, 0.2) is 30.3 Å². The smallest absolute Gasteiger partial charge is 0.222 e. The predicted molar refractivity (Wildman–Crippen MR) is 82.8 cm³/mol. The standard InChI is InChI=1S/C17H26N2O/c1-3-18-12-11-16-9-10-17(20)19(16)13-14(2)15-7-5-4-6-8-15/h4-8,14,16,18H,3,9-13H2,1-2H3. The van der Waals surface area contributed by atoms with Crippen LogP contribution < -0.4 is 5.32 Å². The molecule has 3 heteroatoms. The topological polar surface area (TPSA) is 32.3 Å². The summed E-state index contributed by atoms with van der Waals surface area (Å²) in [4.78, 5) is 14.2. The van der Waals surface area contributed by atoms with Crippen LogP contribution in [0, 0.1) is 0 Å². The Kier molecular flexibility index (Phi) is 5.60. The van der Waals surface area contributed by atoms with Gasteiger partial charge in [-0.3, -0.25) is 4.79 Å². The van der Waals surface area contributed by atoms with Crippen LogP contribution in [0.5, 0.6) is 0 Å². The molecule has 1 amide bonds. The Morgan fingerprint density at radius 2 is 2.10 bits per heavy atom. The third kappa shape index (κ3) is 3.83. The van der Waals surface area contributed by atoms with E-state index in [-0.39, 0.29) is 0 Å². The van der Waals surface area contributed by atoms with Gasteiger partial charge in [0, 0.05) is 19.0 Å². The molecule has 0 bridgehead atoms. The van der Waals surface area contributed by atoms with Crippen LogP contribution in [0.1, 0.15) is 44.6 Å². The third-order valence-corrected chi connectivity index (χ3v) is 4.20. The molecule has 3 nitrogen and oxygen atoms in total. The average Bonchev–Trinajstić information content (AvgIpc) is 2.81. The Hall–Kier alpha value is -1.35. The molecule has 1 heterocycles. The van der Waals surface area contributed by atoms with E-state index in [0.29, 0.717) is 17.9 Å². The van der Waals surface area contributed by atoms with E-state index in [1.54, 1.807) is 0 Å². The van der Waals surface area contributed by atoms with Crippen LogP contribution in [-0.4, -0.2) is 36.5 Å². The number of amides is 1. The molecule has 20 heavy (non-hydrogen) atoms. The zero-order valence-corrected chi connectivity index (χ0v) is 12.6. The quantitative estimate of drug-likeness (QED) is 0.775. The summed E-state index contributed by atoms with van der Waals surface area (Å²) in [5, 5.41) is 3.36. The maximum absolute atomic E-state index is 12.1. The number of hydrogen-bond donors (Lipinski definition) is 1. The molecule has 2 atom stereocenters. The molecular weight excluding hydrogens is 248 g/mol. The lowest BCUT2D eigenvalue weighted by atomic mass is 10.00. The Balaban J connectivity index is 1.93. The van der Waals surface area contributed by atoms with Crippen molar-refractivity contribution in [1.82, 2.24) is 10.2 Å². The maximum atomic E-state index is 12.1. The minimum atomic E-state index is 0.328. The molecule has 2 unspecified atom stereocenters. The van der Waals surface area contributed by atoms with Crippen molar-refractivity contribution in [3.05, 3.63) is 35.9 Å². The fourth-order valence-electron chi connectivity index (χ4n) is 2.97. The monoisotopic (exact) mass is 274 g/mol. The third-order valence-electron chi connectivity index (χ3n) is 4.20. The van der Waals surface area contributed by atoms with Gasteiger partial charge in [-0.15, -0.1) is 0 Å². The Bertz CT molecular complexity index is 418. The summed E-state index contributed by atoms with van der Waals surface area (Å²) in [5.74, 6) is 0.731. The number of hydrogen-bond acceptors (Lipinski definition) is 2. The molecule has 0 aromatic heterocycles. The van der Waals surface area contributed by atoms with Crippen molar-refractivity contribution in [2.75, 3.05) is 19.6 Å². The van der Waals surface area contributed by atoms with Gasteiger partial charge in [0.15, 0.2) is 0 Å². The fourth-order valence-corrected chi connectivity index (χ4v) is 2.97. The molecule has 1 N–H and O–H groups in total. The van der Waals surface area contributed by atoms with E-state index < -0.39 is 0 Å². The van der Waals surface area contributed by atoms with Crippen LogP contribution in [-0.2, 0) is 4.79 Å². The number of likely N-dealkylation sites (tertiary alicyclic amines) is 1. The first-order chi connectivity index (χ1) is 9.72. The largest absolute Gasteiger partial charge is 0.339 e. The van der Waals surface area contributed by atoms with E-state index in [1.165, 1.54) is 5.56 Å². The molecule has 110 valence electrons. The molecule has 0 spiro atoms. The summed E-state index contributed by atoms with van der Waals surface area (Å²) >= 11 is 0. The number of benzene rings is 1. The van der Waals surface area contributed by atoms with Crippen LogP contribution in [0.2, 0.25) is 0 Å². The van der Waals surface area contributed by atoms with E-state index in [0.717, 1.165) is 38.9 Å². The van der Waals surface area contributed by atoms with Gasteiger partial charge in [0.2, 0.25) is 5.91 Å². The first kappa shape index (κ1) is 15.0. The summed E-state index contributed by atoms with van der Waals surface area (Å²) in [6.07, 6.45) is 2.81. The maximum Gasteiger partial charge on any atom is 0.222 e. The molecule has 2 rings (SSSR count). The van der Waals surface area contributed by atoms with Gasteiger partial charge in [-0.2, -0.15) is 0 Å². The molecule has 1 aliphatic heterocycles. The van der Waals surface area contributed by atoms with E-state index in [2.05, 4.69) is 48.3 Å². The molecule has 1 saturated heterocycles. The van der Waals surface area contributed by atoms with Crippen molar-refractivity contribution in [3.8, 4) is 0 Å². The van der Waals surface area contributed by atoms with E-state index in [9.17, 15) is 4.79 Å². The highest BCUT2D eigenvalue weighted by Gasteiger charge is 2.31. The number of rotatable bonds is 7. The molecule has 1 aliphatic rings. The van der Waals surface area contributed by atoms with Crippen molar-refractivity contribution in [3.63, 3.8) is 0 Å². The molecule has 1 fully saturated rings. The SMILES string of the molecule is CCNCCC1CCC(=O)N1CC(C)c1ccccc1. The van der Waals surface area contributed by atoms with Gasteiger partial charge in [0.1, 0.15) is 0 Å².